The van der Waals surface area contributed by atoms with E-state index >= 15 is 0 Å². The minimum absolute atomic E-state index is 0.0789. The van der Waals surface area contributed by atoms with Gasteiger partial charge in [-0.3, -0.25) is 9.59 Å². The standard InChI is InChI=1S/C25H33ClN2O2/c26-21-14-12-20(13-15-21)24-25(30)28(22-10-6-1-2-7-11-22)18-23(29)27(24)17-16-19-8-4-3-5-9-19/h8,12-15,22,24H,1-7,9-11,16-18H2/t24-/m0/s1. The first-order valence-electron chi connectivity index (χ1n) is 11.7. The maximum absolute atomic E-state index is 13.7. The van der Waals surface area contributed by atoms with E-state index in [0.29, 0.717) is 11.6 Å². The Bertz CT molecular complexity index is 781. The molecule has 1 saturated heterocycles. The molecule has 2 fully saturated rings. The van der Waals surface area contributed by atoms with Crippen molar-refractivity contribution in [3.05, 3.63) is 46.5 Å². The monoisotopic (exact) mass is 428 g/mol. The summed E-state index contributed by atoms with van der Waals surface area (Å²) in [6.07, 6.45) is 14.7. The molecule has 0 unspecified atom stereocenters. The van der Waals surface area contributed by atoms with E-state index in [0.717, 1.165) is 50.5 Å². The van der Waals surface area contributed by atoms with Crippen LogP contribution in [-0.2, 0) is 9.59 Å². The Kier molecular flexibility index (Phi) is 7.14. The average Bonchev–Trinajstić information content (AvgIpc) is 3.05. The predicted octanol–water partition coefficient (Wildman–Crippen LogP) is 5.67. The average molecular weight is 429 g/mol. The number of hydrogen-bond acceptors (Lipinski definition) is 2. The fraction of sp³-hybridized carbons (Fsp3) is 0.600. The highest BCUT2D eigenvalue weighted by Crippen LogP contribution is 2.33. The van der Waals surface area contributed by atoms with E-state index < -0.39 is 6.04 Å². The molecule has 1 aromatic carbocycles. The van der Waals surface area contributed by atoms with E-state index in [9.17, 15) is 9.59 Å². The Balaban J connectivity index is 1.58. The molecule has 1 heterocycles. The number of nitrogens with zero attached hydrogens (tertiary/aromatic N) is 2. The number of benzene rings is 1. The summed E-state index contributed by atoms with van der Waals surface area (Å²) in [5.74, 6) is 0.164. The fourth-order valence-corrected chi connectivity index (χ4v) is 5.37. The van der Waals surface area contributed by atoms with Gasteiger partial charge in [0.2, 0.25) is 5.91 Å². The van der Waals surface area contributed by atoms with Crippen LogP contribution in [0.3, 0.4) is 0 Å². The zero-order valence-corrected chi connectivity index (χ0v) is 18.6. The van der Waals surface area contributed by atoms with E-state index in [4.69, 9.17) is 11.6 Å². The summed E-state index contributed by atoms with van der Waals surface area (Å²) in [5.41, 5.74) is 2.30. The molecule has 4 nitrogen and oxygen atoms in total. The summed E-state index contributed by atoms with van der Waals surface area (Å²) in [4.78, 5) is 30.7. The summed E-state index contributed by atoms with van der Waals surface area (Å²) in [6.45, 7) is 0.842. The number of allylic oxidation sites excluding steroid dienone is 1. The van der Waals surface area contributed by atoms with Gasteiger partial charge in [0.1, 0.15) is 12.6 Å². The molecule has 0 spiro atoms. The zero-order valence-electron chi connectivity index (χ0n) is 17.8. The first kappa shape index (κ1) is 21.4. The van der Waals surface area contributed by atoms with Gasteiger partial charge < -0.3 is 9.80 Å². The van der Waals surface area contributed by atoms with Crippen LogP contribution in [0.2, 0.25) is 5.02 Å². The molecule has 5 heteroatoms. The van der Waals surface area contributed by atoms with E-state index in [-0.39, 0.29) is 24.4 Å². The van der Waals surface area contributed by atoms with Crippen molar-refractivity contribution < 1.29 is 9.59 Å². The van der Waals surface area contributed by atoms with Crippen molar-refractivity contribution in [3.8, 4) is 0 Å². The zero-order chi connectivity index (χ0) is 20.9. The van der Waals surface area contributed by atoms with E-state index in [1.54, 1.807) is 0 Å². The summed E-state index contributed by atoms with van der Waals surface area (Å²) >= 11 is 6.10. The number of amides is 2. The van der Waals surface area contributed by atoms with Crippen LogP contribution in [0, 0.1) is 0 Å². The van der Waals surface area contributed by atoms with Gasteiger partial charge in [-0.1, -0.05) is 61.1 Å². The molecule has 1 aliphatic heterocycles. The van der Waals surface area contributed by atoms with Crippen molar-refractivity contribution in [3.63, 3.8) is 0 Å². The number of piperazine rings is 1. The third kappa shape index (κ3) is 4.91. The topological polar surface area (TPSA) is 40.6 Å². The molecule has 0 radical (unpaired) electrons. The molecule has 3 aliphatic rings. The number of carbonyl (C=O) groups excluding carboxylic acids is 2. The number of rotatable bonds is 5. The molecule has 1 saturated carbocycles. The van der Waals surface area contributed by atoms with Crippen molar-refractivity contribution >= 4 is 23.4 Å². The van der Waals surface area contributed by atoms with Crippen LogP contribution in [-0.4, -0.2) is 40.7 Å². The lowest BCUT2D eigenvalue weighted by molar-refractivity contribution is -0.158. The molecule has 2 aliphatic carbocycles. The summed E-state index contributed by atoms with van der Waals surface area (Å²) in [5, 5.41) is 0.646. The molecular formula is C25H33ClN2O2. The highest BCUT2D eigenvalue weighted by atomic mass is 35.5. The van der Waals surface area contributed by atoms with E-state index in [1.165, 1.54) is 31.3 Å². The quantitative estimate of drug-likeness (QED) is 0.448. The van der Waals surface area contributed by atoms with Crippen LogP contribution in [0.15, 0.2) is 35.9 Å². The normalized spacial score (nSPS) is 24.0. The third-order valence-corrected chi connectivity index (χ3v) is 7.22. The van der Waals surface area contributed by atoms with Crippen molar-refractivity contribution in [2.45, 2.75) is 82.7 Å². The molecule has 162 valence electrons. The van der Waals surface area contributed by atoms with Gasteiger partial charge >= 0.3 is 0 Å². The minimum Gasteiger partial charge on any atom is -0.328 e. The largest absolute Gasteiger partial charge is 0.328 e. The molecule has 0 N–H and O–H groups in total. The number of halogens is 1. The molecule has 2 amide bonds. The third-order valence-electron chi connectivity index (χ3n) is 6.96. The maximum Gasteiger partial charge on any atom is 0.250 e. The van der Waals surface area contributed by atoms with Crippen molar-refractivity contribution in [2.24, 2.45) is 0 Å². The lowest BCUT2D eigenvalue weighted by Crippen LogP contribution is -2.58. The number of hydrogen-bond donors (Lipinski definition) is 0. The fourth-order valence-electron chi connectivity index (χ4n) is 5.24. The second-order valence-electron chi connectivity index (χ2n) is 9.01. The molecule has 0 aromatic heterocycles. The maximum atomic E-state index is 13.7. The smallest absolute Gasteiger partial charge is 0.250 e. The van der Waals surface area contributed by atoms with Crippen LogP contribution < -0.4 is 0 Å². The lowest BCUT2D eigenvalue weighted by atomic mass is 9.94. The Morgan fingerprint density at radius 2 is 1.67 bits per heavy atom. The predicted molar refractivity (Wildman–Crippen MR) is 120 cm³/mol. The highest BCUT2D eigenvalue weighted by molar-refractivity contribution is 6.30. The van der Waals surface area contributed by atoms with Gasteiger partial charge in [0.05, 0.1) is 0 Å². The van der Waals surface area contributed by atoms with Gasteiger partial charge in [0, 0.05) is 17.6 Å². The Labute approximate surface area is 185 Å². The molecular weight excluding hydrogens is 396 g/mol. The van der Waals surface area contributed by atoms with Crippen LogP contribution >= 0.6 is 11.6 Å². The summed E-state index contributed by atoms with van der Waals surface area (Å²) in [7, 11) is 0. The molecule has 1 aromatic rings. The second-order valence-corrected chi connectivity index (χ2v) is 9.45. The van der Waals surface area contributed by atoms with Crippen molar-refractivity contribution in [2.75, 3.05) is 13.1 Å². The second kappa shape index (κ2) is 10.00. The Morgan fingerprint density at radius 1 is 0.933 bits per heavy atom. The summed E-state index contributed by atoms with van der Waals surface area (Å²) < 4.78 is 0. The van der Waals surface area contributed by atoms with Crippen LogP contribution in [0.4, 0.5) is 0 Å². The molecule has 0 bridgehead atoms. The minimum atomic E-state index is -0.532. The van der Waals surface area contributed by atoms with Gasteiger partial charge in [0.15, 0.2) is 0 Å². The van der Waals surface area contributed by atoms with E-state index in [2.05, 4.69) is 6.08 Å². The first-order chi connectivity index (χ1) is 14.6. The summed E-state index contributed by atoms with van der Waals surface area (Å²) in [6, 6.07) is 7.11. The van der Waals surface area contributed by atoms with Gasteiger partial charge in [-0.05, 0) is 62.6 Å². The highest BCUT2D eigenvalue weighted by Gasteiger charge is 2.42. The molecule has 1 atom stereocenters. The Morgan fingerprint density at radius 3 is 2.33 bits per heavy atom. The van der Waals surface area contributed by atoms with Gasteiger partial charge in [0.25, 0.3) is 5.91 Å². The first-order valence-corrected chi connectivity index (χ1v) is 12.0. The van der Waals surface area contributed by atoms with Gasteiger partial charge in [-0.25, -0.2) is 0 Å². The van der Waals surface area contributed by atoms with Crippen molar-refractivity contribution in [1.29, 1.82) is 0 Å². The van der Waals surface area contributed by atoms with E-state index in [1.807, 2.05) is 34.1 Å². The lowest BCUT2D eigenvalue weighted by Gasteiger charge is -2.43. The van der Waals surface area contributed by atoms with Crippen molar-refractivity contribution in [1.82, 2.24) is 9.80 Å². The number of carbonyl (C=O) groups is 2. The SMILES string of the molecule is O=C1[C@H](c2ccc(Cl)cc2)N(CCC2=CCCCC2)C(=O)CN1C1CCCCCC1. The molecule has 4 rings (SSSR count). The van der Waals surface area contributed by atoms with Gasteiger partial charge in [-0.15, -0.1) is 0 Å². The Hall–Kier alpha value is -1.81. The van der Waals surface area contributed by atoms with Crippen LogP contribution in [0.5, 0.6) is 0 Å². The van der Waals surface area contributed by atoms with Gasteiger partial charge in [-0.2, -0.15) is 0 Å². The van der Waals surface area contributed by atoms with Crippen LogP contribution in [0.1, 0.15) is 82.2 Å². The molecule has 30 heavy (non-hydrogen) atoms. The van der Waals surface area contributed by atoms with Crippen LogP contribution in [0.25, 0.3) is 0 Å².